The summed E-state index contributed by atoms with van der Waals surface area (Å²) in [5, 5.41) is 5.96. The van der Waals surface area contributed by atoms with Crippen molar-refractivity contribution in [1.29, 1.82) is 0 Å². The van der Waals surface area contributed by atoms with Crippen LogP contribution in [0.3, 0.4) is 0 Å². The molecule has 7 nitrogen and oxygen atoms in total. The number of nitrogens with zero attached hydrogens (tertiary/aromatic N) is 2. The topological polar surface area (TPSA) is 85.4 Å². The summed E-state index contributed by atoms with van der Waals surface area (Å²) in [6.45, 7) is 3.75. The Labute approximate surface area is 163 Å². The van der Waals surface area contributed by atoms with E-state index in [2.05, 4.69) is 20.6 Å². The van der Waals surface area contributed by atoms with Crippen LogP contribution in [0.1, 0.15) is 21.7 Å². The lowest BCUT2D eigenvalue weighted by Gasteiger charge is -2.12. The van der Waals surface area contributed by atoms with Crippen molar-refractivity contribution in [2.75, 3.05) is 24.9 Å². The molecule has 7 heteroatoms. The van der Waals surface area contributed by atoms with Crippen molar-refractivity contribution in [2.24, 2.45) is 0 Å². The Kier molecular flexibility index (Phi) is 5.74. The molecule has 28 heavy (non-hydrogen) atoms. The fourth-order valence-electron chi connectivity index (χ4n) is 2.68. The highest BCUT2D eigenvalue weighted by Crippen LogP contribution is 2.26. The molecule has 0 spiro atoms. The van der Waals surface area contributed by atoms with Crippen LogP contribution in [0.5, 0.6) is 11.5 Å². The summed E-state index contributed by atoms with van der Waals surface area (Å²) < 4.78 is 10.5. The number of benzene rings is 2. The van der Waals surface area contributed by atoms with Gasteiger partial charge in [0.1, 0.15) is 17.2 Å². The van der Waals surface area contributed by atoms with E-state index in [9.17, 15) is 4.79 Å². The van der Waals surface area contributed by atoms with Gasteiger partial charge in [0, 0.05) is 17.4 Å². The molecule has 0 aliphatic carbocycles. The predicted molar refractivity (Wildman–Crippen MR) is 109 cm³/mol. The molecule has 0 aliphatic rings. The lowest BCUT2D eigenvalue weighted by atomic mass is 10.2. The van der Waals surface area contributed by atoms with Gasteiger partial charge in [-0.1, -0.05) is 12.1 Å². The normalized spacial score (nSPS) is 10.3. The third kappa shape index (κ3) is 4.56. The Morgan fingerprint density at radius 2 is 1.79 bits per heavy atom. The summed E-state index contributed by atoms with van der Waals surface area (Å²) in [4.78, 5) is 21.4. The molecule has 0 atom stereocenters. The molecule has 3 aromatic rings. The van der Waals surface area contributed by atoms with E-state index < -0.39 is 0 Å². The zero-order valence-electron chi connectivity index (χ0n) is 16.2. The highest BCUT2D eigenvalue weighted by atomic mass is 16.5. The van der Waals surface area contributed by atoms with Gasteiger partial charge in [0.05, 0.1) is 19.9 Å². The number of carbonyl (C=O) groups excluding carboxylic acids is 1. The largest absolute Gasteiger partial charge is 0.497 e. The number of hydrogen-bond acceptors (Lipinski definition) is 6. The summed E-state index contributed by atoms with van der Waals surface area (Å²) in [6.07, 6.45) is 0. The number of methoxy groups -OCH3 is 2. The molecule has 2 aromatic carbocycles. The van der Waals surface area contributed by atoms with E-state index in [0.29, 0.717) is 28.8 Å². The lowest BCUT2D eigenvalue weighted by Crippen LogP contribution is -2.16. The maximum Gasteiger partial charge on any atom is 0.274 e. The first-order chi connectivity index (χ1) is 13.5. The lowest BCUT2D eigenvalue weighted by molar-refractivity contribution is 0.102. The second-order valence-corrected chi connectivity index (χ2v) is 6.23. The second kappa shape index (κ2) is 8.39. The van der Waals surface area contributed by atoms with Gasteiger partial charge in [-0.2, -0.15) is 0 Å². The van der Waals surface area contributed by atoms with Crippen LogP contribution in [-0.4, -0.2) is 30.1 Å². The van der Waals surface area contributed by atoms with E-state index in [1.165, 1.54) is 0 Å². The Balaban J connectivity index is 1.84. The molecule has 1 amide bonds. The van der Waals surface area contributed by atoms with Crippen LogP contribution >= 0.6 is 0 Å². The number of anilines is 3. The van der Waals surface area contributed by atoms with E-state index in [0.717, 1.165) is 11.3 Å². The summed E-state index contributed by atoms with van der Waals surface area (Å²) >= 11 is 0. The fourth-order valence-corrected chi connectivity index (χ4v) is 2.68. The van der Waals surface area contributed by atoms with Crippen molar-refractivity contribution in [3.63, 3.8) is 0 Å². The third-order valence-electron chi connectivity index (χ3n) is 4.02. The molecule has 0 aliphatic heterocycles. The molecule has 0 saturated heterocycles. The van der Waals surface area contributed by atoms with Crippen molar-refractivity contribution in [3.05, 3.63) is 65.5 Å². The SMILES string of the molecule is COc1cccc(Nc2nc(C)cc(C(=O)Nc3cc(C)ccc3OC)n2)c1. The van der Waals surface area contributed by atoms with Gasteiger partial charge in [0.15, 0.2) is 0 Å². The van der Waals surface area contributed by atoms with E-state index in [1.54, 1.807) is 20.3 Å². The van der Waals surface area contributed by atoms with Crippen molar-refractivity contribution in [2.45, 2.75) is 13.8 Å². The zero-order chi connectivity index (χ0) is 20.1. The van der Waals surface area contributed by atoms with Gasteiger partial charge in [-0.15, -0.1) is 0 Å². The first-order valence-electron chi connectivity index (χ1n) is 8.71. The number of hydrogen-bond donors (Lipinski definition) is 2. The van der Waals surface area contributed by atoms with Crippen LogP contribution in [0.4, 0.5) is 17.3 Å². The number of rotatable bonds is 6. The highest BCUT2D eigenvalue weighted by molar-refractivity contribution is 6.04. The quantitative estimate of drug-likeness (QED) is 0.671. The number of ether oxygens (including phenoxy) is 2. The molecule has 0 saturated carbocycles. The minimum absolute atomic E-state index is 0.251. The molecule has 1 aromatic heterocycles. The maximum absolute atomic E-state index is 12.7. The van der Waals surface area contributed by atoms with Crippen molar-refractivity contribution >= 4 is 23.2 Å². The van der Waals surface area contributed by atoms with Gasteiger partial charge in [0.25, 0.3) is 5.91 Å². The standard InChI is InChI=1S/C21H22N4O3/c1-13-8-9-19(28-4)17(10-13)24-20(26)18-11-14(2)22-21(25-18)23-15-6-5-7-16(12-15)27-3/h5-12H,1-4H3,(H,24,26)(H,22,23,25). The van der Waals surface area contributed by atoms with Gasteiger partial charge in [-0.3, -0.25) is 4.79 Å². The number of aryl methyl sites for hydroxylation is 2. The fraction of sp³-hybridized carbons (Fsp3) is 0.190. The van der Waals surface area contributed by atoms with Crippen molar-refractivity contribution < 1.29 is 14.3 Å². The first-order valence-corrected chi connectivity index (χ1v) is 8.71. The maximum atomic E-state index is 12.7. The van der Waals surface area contributed by atoms with Crippen LogP contribution in [0.25, 0.3) is 0 Å². The first kappa shape index (κ1) is 19.2. The van der Waals surface area contributed by atoms with Gasteiger partial charge >= 0.3 is 0 Å². The molecule has 0 fully saturated rings. The number of amides is 1. The summed E-state index contributed by atoms with van der Waals surface area (Å²) in [5.41, 5.74) is 3.28. The van der Waals surface area contributed by atoms with Crippen LogP contribution in [-0.2, 0) is 0 Å². The Morgan fingerprint density at radius 1 is 0.964 bits per heavy atom. The second-order valence-electron chi connectivity index (χ2n) is 6.23. The molecule has 0 bridgehead atoms. The van der Waals surface area contributed by atoms with E-state index in [1.807, 2.05) is 56.3 Å². The van der Waals surface area contributed by atoms with Gasteiger partial charge in [0.2, 0.25) is 5.95 Å². The van der Waals surface area contributed by atoms with E-state index in [4.69, 9.17) is 9.47 Å². The smallest absolute Gasteiger partial charge is 0.274 e. The average Bonchev–Trinajstić information content (AvgIpc) is 2.68. The Hall–Kier alpha value is -3.61. The number of nitrogens with one attached hydrogen (secondary N) is 2. The van der Waals surface area contributed by atoms with Gasteiger partial charge in [-0.05, 0) is 49.7 Å². The van der Waals surface area contributed by atoms with Crippen LogP contribution in [0.15, 0.2) is 48.5 Å². The average molecular weight is 378 g/mol. The van der Waals surface area contributed by atoms with Crippen LogP contribution < -0.4 is 20.1 Å². The Morgan fingerprint density at radius 3 is 2.54 bits per heavy atom. The number of carbonyl (C=O) groups is 1. The summed E-state index contributed by atoms with van der Waals surface area (Å²) in [6, 6.07) is 14.6. The highest BCUT2D eigenvalue weighted by Gasteiger charge is 2.14. The molecular formula is C21H22N4O3. The van der Waals surface area contributed by atoms with Crippen molar-refractivity contribution in [1.82, 2.24) is 9.97 Å². The van der Waals surface area contributed by atoms with Gasteiger partial charge in [-0.25, -0.2) is 9.97 Å². The Bertz CT molecular complexity index is 1000. The minimum Gasteiger partial charge on any atom is -0.497 e. The zero-order valence-corrected chi connectivity index (χ0v) is 16.2. The summed E-state index contributed by atoms with van der Waals surface area (Å²) in [5.74, 6) is 1.28. The molecule has 0 unspecified atom stereocenters. The van der Waals surface area contributed by atoms with E-state index in [-0.39, 0.29) is 11.6 Å². The number of aromatic nitrogens is 2. The minimum atomic E-state index is -0.344. The van der Waals surface area contributed by atoms with E-state index >= 15 is 0 Å². The monoisotopic (exact) mass is 378 g/mol. The summed E-state index contributed by atoms with van der Waals surface area (Å²) in [7, 11) is 3.16. The molecule has 0 radical (unpaired) electrons. The molecule has 2 N–H and O–H groups in total. The van der Waals surface area contributed by atoms with Crippen molar-refractivity contribution in [3.8, 4) is 11.5 Å². The molecule has 3 rings (SSSR count). The molecule has 1 heterocycles. The molecular weight excluding hydrogens is 356 g/mol. The third-order valence-corrected chi connectivity index (χ3v) is 4.02. The predicted octanol–water partition coefficient (Wildman–Crippen LogP) is 4.11. The molecule has 144 valence electrons. The van der Waals surface area contributed by atoms with Crippen LogP contribution in [0.2, 0.25) is 0 Å². The van der Waals surface area contributed by atoms with Crippen LogP contribution in [0, 0.1) is 13.8 Å². The van der Waals surface area contributed by atoms with Gasteiger partial charge < -0.3 is 20.1 Å².